The number of hydrogen-bond acceptors (Lipinski definition) is 4. The molecular formula is C21H20N4O2. The lowest BCUT2D eigenvalue weighted by Gasteiger charge is -2.08. The van der Waals surface area contributed by atoms with Gasteiger partial charge in [-0.3, -0.25) is 14.9 Å². The van der Waals surface area contributed by atoms with Crippen molar-refractivity contribution in [2.45, 2.75) is 20.3 Å². The number of carbonyl (C=O) groups is 2. The van der Waals surface area contributed by atoms with Crippen molar-refractivity contribution < 1.29 is 9.59 Å². The molecule has 0 saturated heterocycles. The van der Waals surface area contributed by atoms with Crippen molar-refractivity contribution >= 4 is 23.5 Å². The fourth-order valence-electron chi connectivity index (χ4n) is 2.65. The second-order valence-corrected chi connectivity index (χ2v) is 6.22. The molecule has 6 nitrogen and oxygen atoms in total. The molecule has 0 unspecified atom stereocenters. The lowest BCUT2D eigenvalue weighted by molar-refractivity contribution is -0.115. The lowest BCUT2D eigenvalue weighted by Crippen LogP contribution is -2.16. The highest BCUT2D eigenvalue weighted by atomic mass is 16.2. The molecule has 0 aliphatic carbocycles. The van der Waals surface area contributed by atoms with E-state index in [1.807, 2.05) is 50.2 Å². The van der Waals surface area contributed by atoms with Crippen LogP contribution in [0.5, 0.6) is 0 Å². The number of nitrogens with one attached hydrogen (secondary N) is 2. The van der Waals surface area contributed by atoms with Gasteiger partial charge in [-0.05, 0) is 49.7 Å². The Morgan fingerprint density at radius 3 is 2.11 bits per heavy atom. The minimum atomic E-state index is -0.304. The van der Waals surface area contributed by atoms with Crippen molar-refractivity contribution in [2.75, 3.05) is 10.6 Å². The normalized spacial score (nSPS) is 10.3. The molecule has 0 atom stereocenters. The van der Waals surface area contributed by atoms with Crippen molar-refractivity contribution in [3.05, 3.63) is 83.2 Å². The minimum Gasteiger partial charge on any atom is -0.326 e. The molecule has 2 amide bonds. The number of hydrogen-bond donors (Lipinski definition) is 2. The molecule has 0 aliphatic heterocycles. The van der Waals surface area contributed by atoms with Crippen LogP contribution < -0.4 is 10.6 Å². The van der Waals surface area contributed by atoms with E-state index >= 15 is 0 Å². The van der Waals surface area contributed by atoms with E-state index in [2.05, 4.69) is 20.6 Å². The van der Waals surface area contributed by atoms with Crippen LogP contribution in [-0.2, 0) is 11.2 Å². The van der Waals surface area contributed by atoms with Crippen molar-refractivity contribution in [1.82, 2.24) is 9.97 Å². The van der Waals surface area contributed by atoms with Gasteiger partial charge in [-0.1, -0.05) is 30.3 Å². The van der Waals surface area contributed by atoms with E-state index in [4.69, 9.17) is 0 Å². The lowest BCUT2D eigenvalue weighted by atomic mass is 10.1. The summed E-state index contributed by atoms with van der Waals surface area (Å²) in [7, 11) is 0. The number of benzene rings is 2. The minimum absolute atomic E-state index is 0.109. The second kappa shape index (κ2) is 8.23. The number of aryl methyl sites for hydroxylation is 2. The Morgan fingerprint density at radius 1 is 0.852 bits per heavy atom. The van der Waals surface area contributed by atoms with Crippen LogP contribution in [0.3, 0.4) is 0 Å². The molecule has 0 bridgehead atoms. The van der Waals surface area contributed by atoms with E-state index in [0.29, 0.717) is 17.7 Å². The molecule has 0 fully saturated rings. The van der Waals surface area contributed by atoms with Crippen LogP contribution in [0.2, 0.25) is 0 Å². The largest absolute Gasteiger partial charge is 0.326 e. The number of carbonyl (C=O) groups excluding carboxylic acids is 2. The first-order valence-corrected chi connectivity index (χ1v) is 8.57. The SMILES string of the molecule is Cc1cc(C)nc(NC(=O)c2ccc(NC(=O)Cc3ccccc3)cc2)n1. The van der Waals surface area contributed by atoms with Crippen LogP contribution in [0.1, 0.15) is 27.3 Å². The van der Waals surface area contributed by atoms with Crippen LogP contribution in [0.15, 0.2) is 60.7 Å². The van der Waals surface area contributed by atoms with Gasteiger partial charge in [0.15, 0.2) is 0 Å². The molecule has 0 radical (unpaired) electrons. The van der Waals surface area contributed by atoms with Crippen molar-refractivity contribution in [3.8, 4) is 0 Å². The number of amides is 2. The van der Waals surface area contributed by atoms with E-state index in [1.165, 1.54) is 0 Å². The first kappa shape index (κ1) is 18.3. The smallest absolute Gasteiger partial charge is 0.258 e. The average Bonchev–Trinajstić information content (AvgIpc) is 2.62. The van der Waals surface area contributed by atoms with Gasteiger partial charge in [0.05, 0.1) is 6.42 Å². The third-order valence-electron chi connectivity index (χ3n) is 3.85. The van der Waals surface area contributed by atoms with Crippen molar-refractivity contribution in [1.29, 1.82) is 0 Å². The zero-order valence-electron chi connectivity index (χ0n) is 15.2. The maximum absolute atomic E-state index is 12.3. The molecule has 27 heavy (non-hydrogen) atoms. The monoisotopic (exact) mass is 360 g/mol. The summed E-state index contributed by atoms with van der Waals surface area (Å²) in [5, 5.41) is 5.51. The summed E-state index contributed by atoms with van der Waals surface area (Å²) in [6.45, 7) is 3.69. The topological polar surface area (TPSA) is 84.0 Å². The van der Waals surface area contributed by atoms with Crippen LogP contribution in [-0.4, -0.2) is 21.8 Å². The fourth-order valence-corrected chi connectivity index (χ4v) is 2.65. The van der Waals surface area contributed by atoms with Gasteiger partial charge >= 0.3 is 0 Å². The third kappa shape index (κ3) is 5.22. The van der Waals surface area contributed by atoms with E-state index in [1.54, 1.807) is 24.3 Å². The predicted molar refractivity (Wildman–Crippen MR) is 105 cm³/mol. The van der Waals surface area contributed by atoms with E-state index in [9.17, 15) is 9.59 Å². The quantitative estimate of drug-likeness (QED) is 0.729. The van der Waals surface area contributed by atoms with Crippen LogP contribution in [0.4, 0.5) is 11.6 Å². The highest BCUT2D eigenvalue weighted by Gasteiger charge is 2.10. The number of aromatic nitrogens is 2. The Balaban J connectivity index is 1.60. The maximum Gasteiger partial charge on any atom is 0.258 e. The number of nitrogens with zero attached hydrogens (tertiary/aromatic N) is 2. The van der Waals surface area contributed by atoms with Crippen LogP contribution in [0.25, 0.3) is 0 Å². The summed E-state index contributed by atoms with van der Waals surface area (Å²) < 4.78 is 0. The van der Waals surface area contributed by atoms with E-state index in [0.717, 1.165) is 17.0 Å². The number of anilines is 2. The second-order valence-electron chi connectivity index (χ2n) is 6.22. The molecular weight excluding hydrogens is 340 g/mol. The zero-order valence-corrected chi connectivity index (χ0v) is 15.2. The predicted octanol–water partition coefficient (Wildman–Crippen LogP) is 3.53. The highest BCUT2D eigenvalue weighted by Crippen LogP contribution is 2.12. The van der Waals surface area contributed by atoms with Gasteiger partial charge in [0, 0.05) is 22.6 Å². The first-order chi connectivity index (χ1) is 13.0. The summed E-state index contributed by atoms with van der Waals surface area (Å²) in [4.78, 5) is 32.8. The first-order valence-electron chi connectivity index (χ1n) is 8.57. The molecule has 1 heterocycles. The zero-order chi connectivity index (χ0) is 19.2. The van der Waals surface area contributed by atoms with Crippen LogP contribution >= 0.6 is 0 Å². The van der Waals surface area contributed by atoms with Gasteiger partial charge in [-0.15, -0.1) is 0 Å². The van der Waals surface area contributed by atoms with Gasteiger partial charge in [0.1, 0.15) is 0 Å². The van der Waals surface area contributed by atoms with Crippen molar-refractivity contribution in [3.63, 3.8) is 0 Å². The van der Waals surface area contributed by atoms with E-state index in [-0.39, 0.29) is 17.8 Å². The van der Waals surface area contributed by atoms with Gasteiger partial charge < -0.3 is 5.32 Å². The van der Waals surface area contributed by atoms with Gasteiger partial charge in [0.2, 0.25) is 11.9 Å². The molecule has 0 spiro atoms. The van der Waals surface area contributed by atoms with Gasteiger partial charge in [-0.2, -0.15) is 0 Å². The average molecular weight is 360 g/mol. The summed E-state index contributed by atoms with van der Waals surface area (Å²) in [6.07, 6.45) is 0.299. The molecule has 3 rings (SSSR count). The van der Waals surface area contributed by atoms with E-state index < -0.39 is 0 Å². The molecule has 3 aromatic rings. The molecule has 6 heteroatoms. The number of rotatable bonds is 5. The molecule has 0 aliphatic rings. The Hall–Kier alpha value is -3.54. The Morgan fingerprint density at radius 2 is 1.48 bits per heavy atom. The molecule has 2 N–H and O–H groups in total. The standard InChI is InChI=1S/C21H20N4O2/c1-14-12-15(2)23-21(22-14)25-20(27)17-8-10-18(11-9-17)24-19(26)13-16-6-4-3-5-7-16/h3-12H,13H2,1-2H3,(H,24,26)(H,22,23,25,27). The Kier molecular flexibility index (Phi) is 5.56. The molecule has 0 saturated carbocycles. The Bertz CT molecular complexity index is 933. The van der Waals surface area contributed by atoms with Crippen LogP contribution in [0, 0.1) is 13.8 Å². The van der Waals surface area contributed by atoms with Gasteiger partial charge in [0.25, 0.3) is 5.91 Å². The summed E-state index contributed by atoms with van der Waals surface area (Å²) in [5.74, 6) is -0.137. The summed E-state index contributed by atoms with van der Waals surface area (Å²) in [6, 6.07) is 18.0. The summed E-state index contributed by atoms with van der Waals surface area (Å²) >= 11 is 0. The Labute approximate surface area is 157 Å². The fraction of sp³-hybridized carbons (Fsp3) is 0.143. The highest BCUT2D eigenvalue weighted by molar-refractivity contribution is 6.03. The molecule has 136 valence electrons. The summed E-state index contributed by atoms with van der Waals surface area (Å²) in [5.41, 5.74) is 3.61. The molecule has 1 aromatic heterocycles. The molecule has 2 aromatic carbocycles. The third-order valence-corrected chi connectivity index (χ3v) is 3.85. The van der Waals surface area contributed by atoms with Gasteiger partial charge in [-0.25, -0.2) is 9.97 Å². The maximum atomic E-state index is 12.3. The van der Waals surface area contributed by atoms with Crippen molar-refractivity contribution in [2.24, 2.45) is 0 Å².